The third kappa shape index (κ3) is 6.04. The van der Waals surface area contributed by atoms with Gasteiger partial charge in [-0.05, 0) is 62.5 Å². The van der Waals surface area contributed by atoms with Crippen molar-refractivity contribution in [2.24, 2.45) is 0 Å². The minimum absolute atomic E-state index is 0.0286. The zero-order valence-electron chi connectivity index (χ0n) is 15.6. The first-order valence-electron chi connectivity index (χ1n) is 8.44. The smallest absolute Gasteiger partial charge is 0.253 e. The van der Waals surface area contributed by atoms with Gasteiger partial charge in [-0.1, -0.05) is 17.7 Å². The largest absolute Gasteiger partial charge is 0.491 e. The molecule has 1 unspecified atom stereocenters. The fraction of sp³-hybridized carbons (Fsp3) is 0.300. The quantitative estimate of drug-likeness (QED) is 0.762. The zero-order valence-corrected chi connectivity index (χ0v) is 16.4. The molecule has 5 nitrogen and oxygen atoms in total. The SMILES string of the molecule is Cc1ccc(OCC(C)NC(=S)Nc2ccc(C(=O)N(C)C)cc2)cc1. The molecular weight excluding hydrogens is 346 g/mol. The van der Waals surface area contributed by atoms with Crippen LogP contribution in [0.4, 0.5) is 5.69 Å². The third-order valence-electron chi connectivity index (χ3n) is 3.69. The molecule has 1 atom stereocenters. The van der Waals surface area contributed by atoms with Gasteiger partial charge in [0, 0.05) is 25.3 Å². The van der Waals surface area contributed by atoms with Crippen LogP contribution in [-0.4, -0.2) is 42.7 Å². The summed E-state index contributed by atoms with van der Waals surface area (Å²) in [5.41, 5.74) is 2.66. The Morgan fingerprint density at radius 3 is 2.31 bits per heavy atom. The van der Waals surface area contributed by atoms with Crippen LogP contribution in [0.25, 0.3) is 0 Å². The number of amides is 1. The molecular formula is C20H25N3O2S. The van der Waals surface area contributed by atoms with Crippen LogP contribution in [0.2, 0.25) is 0 Å². The van der Waals surface area contributed by atoms with Gasteiger partial charge < -0.3 is 20.3 Å². The van der Waals surface area contributed by atoms with Crippen LogP contribution in [0.1, 0.15) is 22.8 Å². The molecule has 26 heavy (non-hydrogen) atoms. The first kappa shape index (κ1) is 19.7. The van der Waals surface area contributed by atoms with Crippen molar-refractivity contribution in [3.05, 3.63) is 59.7 Å². The molecule has 0 heterocycles. The molecule has 0 aromatic heterocycles. The van der Waals surface area contributed by atoms with E-state index in [-0.39, 0.29) is 11.9 Å². The Balaban J connectivity index is 1.80. The summed E-state index contributed by atoms with van der Waals surface area (Å²) >= 11 is 5.33. The second-order valence-corrected chi connectivity index (χ2v) is 6.81. The number of rotatable bonds is 6. The van der Waals surface area contributed by atoms with Crippen LogP contribution in [0, 0.1) is 6.92 Å². The molecule has 0 saturated heterocycles. The normalized spacial score (nSPS) is 11.4. The van der Waals surface area contributed by atoms with E-state index >= 15 is 0 Å². The van der Waals surface area contributed by atoms with Crippen molar-refractivity contribution in [1.82, 2.24) is 10.2 Å². The number of nitrogens with one attached hydrogen (secondary N) is 2. The summed E-state index contributed by atoms with van der Waals surface area (Å²) in [5, 5.41) is 6.81. The molecule has 0 fully saturated rings. The number of hydrogen-bond donors (Lipinski definition) is 2. The Labute approximate surface area is 160 Å². The van der Waals surface area contributed by atoms with E-state index in [2.05, 4.69) is 10.6 Å². The number of aryl methyl sites for hydroxylation is 1. The third-order valence-corrected chi connectivity index (χ3v) is 3.91. The van der Waals surface area contributed by atoms with Gasteiger partial charge in [-0.2, -0.15) is 0 Å². The molecule has 2 aromatic carbocycles. The summed E-state index contributed by atoms with van der Waals surface area (Å²) in [6, 6.07) is 15.2. The highest BCUT2D eigenvalue weighted by Gasteiger charge is 2.09. The van der Waals surface area contributed by atoms with Gasteiger partial charge in [0.25, 0.3) is 5.91 Å². The summed E-state index contributed by atoms with van der Waals surface area (Å²) in [6.45, 7) is 4.54. The zero-order chi connectivity index (χ0) is 19.1. The maximum atomic E-state index is 11.9. The lowest BCUT2D eigenvalue weighted by molar-refractivity contribution is 0.0827. The second kappa shape index (κ2) is 9.20. The highest BCUT2D eigenvalue weighted by molar-refractivity contribution is 7.80. The van der Waals surface area contributed by atoms with Gasteiger partial charge in [-0.15, -0.1) is 0 Å². The van der Waals surface area contributed by atoms with E-state index in [9.17, 15) is 4.79 Å². The molecule has 2 rings (SSSR count). The first-order valence-corrected chi connectivity index (χ1v) is 8.84. The minimum Gasteiger partial charge on any atom is -0.491 e. The number of carbonyl (C=O) groups is 1. The minimum atomic E-state index is -0.0286. The molecule has 0 saturated carbocycles. The van der Waals surface area contributed by atoms with Crippen molar-refractivity contribution < 1.29 is 9.53 Å². The second-order valence-electron chi connectivity index (χ2n) is 6.40. The maximum Gasteiger partial charge on any atom is 0.253 e. The van der Waals surface area contributed by atoms with Gasteiger partial charge in [-0.25, -0.2) is 0 Å². The van der Waals surface area contributed by atoms with Gasteiger partial charge in [0.15, 0.2) is 5.11 Å². The predicted molar refractivity (Wildman–Crippen MR) is 110 cm³/mol. The van der Waals surface area contributed by atoms with Gasteiger partial charge in [0.2, 0.25) is 0 Å². The fourth-order valence-electron chi connectivity index (χ4n) is 2.24. The Kier molecular flexibility index (Phi) is 6.97. The number of thiocarbonyl (C=S) groups is 1. The lowest BCUT2D eigenvalue weighted by atomic mass is 10.2. The van der Waals surface area contributed by atoms with Crippen molar-refractivity contribution in [1.29, 1.82) is 0 Å². The number of hydrogen-bond acceptors (Lipinski definition) is 3. The molecule has 0 radical (unpaired) electrons. The predicted octanol–water partition coefficient (Wildman–Crippen LogP) is 3.45. The monoisotopic (exact) mass is 371 g/mol. The molecule has 6 heteroatoms. The standard InChI is InChI=1S/C20H25N3O2S/c1-14-5-11-18(12-6-14)25-13-15(2)21-20(26)22-17-9-7-16(8-10-17)19(24)23(3)4/h5-12,15H,13H2,1-4H3,(H2,21,22,26). The van der Waals surface area contributed by atoms with Crippen LogP contribution >= 0.6 is 12.2 Å². The molecule has 0 aliphatic heterocycles. The van der Waals surface area contributed by atoms with E-state index in [1.807, 2.05) is 50.2 Å². The highest BCUT2D eigenvalue weighted by Crippen LogP contribution is 2.12. The van der Waals surface area contributed by atoms with E-state index in [0.29, 0.717) is 17.3 Å². The highest BCUT2D eigenvalue weighted by atomic mass is 32.1. The van der Waals surface area contributed by atoms with Crippen LogP contribution < -0.4 is 15.4 Å². The number of anilines is 1. The molecule has 0 bridgehead atoms. The van der Waals surface area contributed by atoms with Crippen molar-refractivity contribution in [3.8, 4) is 5.75 Å². The number of carbonyl (C=O) groups excluding carboxylic acids is 1. The lowest BCUT2D eigenvalue weighted by Gasteiger charge is -2.18. The molecule has 2 aromatic rings. The Morgan fingerprint density at radius 1 is 1.12 bits per heavy atom. The Morgan fingerprint density at radius 2 is 1.73 bits per heavy atom. The van der Waals surface area contributed by atoms with Crippen molar-refractivity contribution in [2.45, 2.75) is 19.9 Å². The molecule has 138 valence electrons. The molecule has 0 aliphatic rings. The summed E-state index contributed by atoms with van der Waals surface area (Å²) in [7, 11) is 3.46. The van der Waals surface area contributed by atoms with Gasteiger partial charge in [0.1, 0.15) is 12.4 Å². The van der Waals surface area contributed by atoms with Gasteiger partial charge in [0.05, 0.1) is 6.04 Å². The van der Waals surface area contributed by atoms with Crippen LogP contribution in [0.3, 0.4) is 0 Å². The number of benzene rings is 2. The van der Waals surface area contributed by atoms with Crippen molar-refractivity contribution >= 4 is 28.9 Å². The topological polar surface area (TPSA) is 53.6 Å². The Bertz CT molecular complexity index is 743. The summed E-state index contributed by atoms with van der Waals surface area (Å²) in [5.74, 6) is 0.809. The van der Waals surface area contributed by atoms with E-state index in [1.165, 1.54) is 5.56 Å². The lowest BCUT2D eigenvalue weighted by Crippen LogP contribution is -2.39. The van der Waals surface area contributed by atoms with Gasteiger partial charge in [-0.3, -0.25) is 4.79 Å². The van der Waals surface area contributed by atoms with E-state index in [0.717, 1.165) is 11.4 Å². The average molecular weight is 372 g/mol. The maximum absolute atomic E-state index is 11.9. The van der Waals surface area contributed by atoms with Crippen molar-refractivity contribution in [3.63, 3.8) is 0 Å². The van der Waals surface area contributed by atoms with E-state index in [1.54, 1.807) is 31.1 Å². The van der Waals surface area contributed by atoms with Crippen LogP contribution in [0.5, 0.6) is 5.75 Å². The number of ether oxygens (including phenoxy) is 1. The summed E-state index contributed by atoms with van der Waals surface area (Å²) in [4.78, 5) is 13.4. The van der Waals surface area contributed by atoms with E-state index in [4.69, 9.17) is 17.0 Å². The molecule has 0 aliphatic carbocycles. The summed E-state index contributed by atoms with van der Waals surface area (Å²) < 4.78 is 5.75. The number of nitrogens with zero attached hydrogens (tertiary/aromatic N) is 1. The molecule has 2 N–H and O–H groups in total. The molecule has 0 spiro atoms. The average Bonchev–Trinajstić information content (AvgIpc) is 2.61. The van der Waals surface area contributed by atoms with Crippen LogP contribution in [-0.2, 0) is 0 Å². The van der Waals surface area contributed by atoms with Crippen molar-refractivity contribution in [2.75, 3.05) is 26.0 Å². The Hall–Kier alpha value is -2.60. The first-order chi connectivity index (χ1) is 12.3. The van der Waals surface area contributed by atoms with Gasteiger partial charge >= 0.3 is 0 Å². The van der Waals surface area contributed by atoms with Crippen LogP contribution in [0.15, 0.2) is 48.5 Å². The fourth-order valence-corrected chi connectivity index (χ4v) is 2.56. The van der Waals surface area contributed by atoms with E-state index < -0.39 is 0 Å². The molecule has 1 amide bonds. The summed E-state index contributed by atoms with van der Waals surface area (Å²) in [6.07, 6.45) is 0.